The van der Waals surface area contributed by atoms with E-state index in [0.29, 0.717) is 24.3 Å². The molecule has 0 saturated carbocycles. The van der Waals surface area contributed by atoms with Crippen LogP contribution < -0.4 is 4.90 Å². The van der Waals surface area contributed by atoms with Crippen LogP contribution in [0.1, 0.15) is 35.3 Å². The molecule has 0 saturated heterocycles. The van der Waals surface area contributed by atoms with E-state index in [4.69, 9.17) is 16.3 Å². The second kappa shape index (κ2) is 9.14. The molecule has 1 unspecified atom stereocenters. The van der Waals surface area contributed by atoms with Crippen LogP contribution >= 0.6 is 11.6 Å². The summed E-state index contributed by atoms with van der Waals surface area (Å²) >= 11 is 6.65. The molecule has 0 aliphatic carbocycles. The molecule has 0 spiro atoms. The van der Waals surface area contributed by atoms with Crippen LogP contribution in [0.2, 0.25) is 5.02 Å². The molecule has 1 heterocycles. The molecule has 0 radical (unpaired) electrons. The fourth-order valence-electron chi connectivity index (χ4n) is 4.60. The minimum atomic E-state index is -1.98. The van der Waals surface area contributed by atoms with Gasteiger partial charge in [0.05, 0.1) is 23.4 Å². The van der Waals surface area contributed by atoms with Gasteiger partial charge in [0.2, 0.25) is 0 Å². The molecule has 4 rings (SSSR count). The monoisotopic (exact) mass is 466 g/mol. The maximum Gasteiger partial charge on any atom is 0.337 e. The fourth-order valence-corrected chi connectivity index (χ4v) is 4.96. The number of hydrogen-bond acceptors (Lipinski definition) is 5. The Bertz CT molecular complexity index is 1220. The zero-order valence-corrected chi connectivity index (χ0v) is 19.7. The number of ether oxygens (including phenoxy) is 1. The Morgan fingerprint density at radius 2 is 1.82 bits per heavy atom. The maximum absolute atomic E-state index is 13.9. The fraction of sp³-hybridized carbons (Fsp3) is 0.308. The third-order valence-electron chi connectivity index (χ3n) is 6.41. The van der Waals surface area contributed by atoms with Gasteiger partial charge in [0.15, 0.2) is 5.60 Å². The van der Waals surface area contributed by atoms with E-state index in [-0.39, 0.29) is 16.1 Å². The quantitative estimate of drug-likeness (QED) is 0.528. The molecular weight excluding hydrogens is 440 g/mol. The van der Waals surface area contributed by atoms with E-state index in [9.17, 15) is 14.7 Å². The Kier molecular flexibility index (Phi) is 6.43. The third-order valence-corrected chi connectivity index (χ3v) is 6.71. The SMILES string of the molecule is CCN(CC)CCN1C(=O)C(O)(c2cccc3ccccc23)c2c(Cl)cc(C(=O)OC)cc21. The third kappa shape index (κ3) is 3.78. The van der Waals surface area contributed by atoms with Crippen LogP contribution in [-0.2, 0) is 15.1 Å². The first-order valence-electron chi connectivity index (χ1n) is 11.0. The highest BCUT2D eigenvalue weighted by Gasteiger charge is 2.53. The van der Waals surface area contributed by atoms with Crippen LogP contribution in [0.15, 0.2) is 54.6 Å². The maximum atomic E-state index is 13.9. The lowest BCUT2D eigenvalue weighted by molar-refractivity contribution is -0.132. The number of halogens is 1. The molecule has 7 heteroatoms. The number of likely N-dealkylation sites (N-methyl/N-ethyl adjacent to an activating group) is 1. The molecule has 172 valence electrons. The Morgan fingerprint density at radius 1 is 1.12 bits per heavy atom. The number of benzene rings is 3. The average Bonchev–Trinajstić information content (AvgIpc) is 3.06. The summed E-state index contributed by atoms with van der Waals surface area (Å²) < 4.78 is 4.87. The van der Waals surface area contributed by atoms with Gasteiger partial charge in [-0.15, -0.1) is 0 Å². The average molecular weight is 467 g/mol. The van der Waals surface area contributed by atoms with Gasteiger partial charge >= 0.3 is 5.97 Å². The van der Waals surface area contributed by atoms with Crippen LogP contribution in [0.3, 0.4) is 0 Å². The molecule has 3 aromatic rings. The smallest absolute Gasteiger partial charge is 0.337 e. The first-order chi connectivity index (χ1) is 15.9. The summed E-state index contributed by atoms with van der Waals surface area (Å²) in [4.78, 5) is 29.9. The summed E-state index contributed by atoms with van der Waals surface area (Å²) in [6.45, 7) is 6.75. The van der Waals surface area contributed by atoms with Gasteiger partial charge in [-0.25, -0.2) is 4.79 Å². The molecule has 1 aliphatic heterocycles. The zero-order valence-electron chi connectivity index (χ0n) is 19.0. The number of carbonyl (C=O) groups excluding carboxylic acids is 2. The number of carbonyl (C=O) groups is 2. The van der Waals surface area contributed by atoms with Crippen molar-refractivity contribution >= 4 is 39.9 Å². The van der Waals surface area contributed by atoms with Crippen LogP contribution in [0.4, 0.5) is 5.69 Å². The van der Waals surface area contributed by atoms with Gasteiger partial charge in [0.25, 0.3) is 5.91 Å². The van der Waals surface area contributed by atoms with E-state index < -0.39 is 17.5 Å². The van der Waals surface area contributed by atoms with Gasteiger partial charge in [-0.3, -0.25) is 4.79 Å². The topological polar surface area (TPSA) is 70.1 Å². The summed E-state index contributed by atoms with van der Waals surface area (Å²) in [6, 6.07) is 16.1. The van der Waals surface area contributed by atoms with Crippen molar-refractivity contribution in [2.75, 3.05) is 38.2 Å². The van der Waals surface area contributed by atoms with Crippen LogP contribution in [0.25, 0.3) is 10.8 Å². The lowest BCUT2D eigenvalue weighted by atomic mass is 9.84. The van der Waals surface area contributed by atoms with E-state index in [1.165, 1.54) is 18.1 Å². The van der Waals surface area contributed by atoms with Crippen molar-refractivity contribution in [2.24, 2.45) is 0 Å². The number of methoxy groups -OCH3 is 1. The normalized spacial score (nSPS) is 17.6. The Hall–Kier alpha value is -2.93. The number of nitrogens with zero attached hydrogens (tertiary/aromatic N) is 2. The summed E-state index contributed by atoms with van der Waals surface area (Å²) in [6.07, 6.45) is 0. The van der Waals surface area contributed by atoms with Crippen molar-refractivity contribution < 1.29 is 19.4 Å². The number of esters is 1. The van der Waals surface area contributed by atoms with Crippen molar-refractivity contribution in [3.05, 3.63) is 76.3 Å². The zero-order chi connectivity index (χ0) is 23.8. The van der Waals surface area contributed by atoms with E-state index in [2.05, 4.69) is 18.7 Å². The van der Waals surface area contributed by atoms with E-state index >= 15 is 0 Å². The molecule has 1 aliphatic rings. The number of fused-ring (bicyclic) bond motifs is 2. The highest BCUT2D eigenvalue weighted by molar-refractivity contribution is 6.34. The van der Waals surface area contributed by atoms with Gasteiger partial charge in [-0.05, 0) is 36.0 Å². The van der Waals surface area contributed by atoms with E-state index in [1.807, 2.05) is 36.4 Å². The lowest BCUT2D eigenvalue weighted by Crippen LogP contribution is -2.44. The summed E-state index contributed by atoms with van der Waals surface area (Å²) in [5, 5.41) is 13.9. The standard InChI is InChI=1S/C26H27ClN2O4/c1-4-28(5-2)13-14-29-22-16-18(24(30)33-3)15-21(27)23(22)26(32,25(29)31)20-12-8-10-17-9-6-7-11-19(17)20/h6-12,15-16,32H,4-5,13-14H2,1-3H3. The highest BCUT2D eigenvalue weighted by atomic mass is 35.5. The van der Waals surface area contributed by atoms with Crippen molar-refractivity contribution in [3.63, 3.8) is 0 Å². The van der Waals surface area contributed by atoms with Gasteiger partial charge in [-0.1, -0.05) is 67.9 Å². The Labute approximate surface area is 198 Å². The van der Waals surface area contributed by atoms with Crippen LogP contribution in [-0.4, -0.2) is 55.2 Å². The molecule has 0 aromatic heterocycles. The molecule has 0 fully saturated rings. The highest BCUT2D eigenvalue weighted by Crippen LogP contribution is 2.49. The number of aliphatic hydroxyl groups is 1. The Balaban J connectivity index is 1.93. The minimum absolute atomic E-state index is 0.141. The predicted molar refractivity (Wildman–Crippen MR) is 130 cm³/mol. The van der Waals surface area contributed by atoms with Crippen molar-refractivity contribution in [1.29, 1.82) is 0 Å². The van der Waals surface area contributed by atoms with Gasteiger partial charge in [0.1, 0.15) is 0 Å². The first kappa shape index (κ1) is 23.2. The van der Waals surface area contributed by atoms with Crippen molar-refractivity contribution in [1.82, 2.24) is 4.90 Å². The number of rotatable bonds is 7. The first-order valence-corrected chi connectivity index (χ1v) is 11.4. The molecule has 6 nitrogen and oxygen atoms in total. The minimum Gasteiger partial charge on any atom is -0.465 e. The molecule has 3 aromatic carbocycles. The second-order valence-corrected chi connectivity index (χ2v) is 8.47. The second-order valence-electron chi connectivity index (χ2n) is 8.06. The van der Waals surface area contributed by atoms with Gasteiger partial charge in [-0.2, -0.15) is 0 Å². The lowest BCUT2D eigenvalue weighted by Gasteiger charge is -2.27. The van der Waals surface area contributed by atoms with Crippen molar-refractivity contribution in [3.8, 4) is 0 Å². The number of amides is 1. The van der Waals surface area contributed by atoms with Crippen molar-refractivity contribution in [2.45, 2.75) is 19.4 Å². The molecule has 33 heavy (non-hydrogen) atoms. The van der Waals surface area contributed by atoms with E-state index in [1.54, 1.807) is 12.1 Å². The van der Waals surface area contributed by atoms with E-state index in [0.717, 1.165) is 23.9 Å². The van der Waals surface area contributed by atoms with Gasteiger partial charge in [0, 0.05) is 24.2 Å². The molecule has 1 amide bonds. The Morgan fingerprint density at radius 3 is 2.52 bits per heavy atom. The molecule has 1 atom stereocenters. The van der Waals surface area contributed by atoms with Crippen LogP contribution in [0.5, 0.6) is 0 Å². The van der Waals surface area contributed by atoms with Crippen LogP contribution in [0, 0.1) is 0 Å². The molecule has 0 bridgehead atoms. The molecule has 1 N–H and O–H groups in total. The summed E-state index contributed by atoms with van der Waals surface area (Å²) in [5.74, 6) is -1.04. The predicted octanol–water partition coefficient (Wildman–Crippen LogP) is 4.20. The summed E-state index contributed by atoms with van der Waals surface area (Å²) in [5.41, 5.74) is -0.576. The largest absolute Gasteiger partial charge is 0.465 e. The molecular formula is C26H27ClN2O4. The number of hydrogen-bond donors (Lipinski definition) is 1. The van der Waals surface area contributed by atoms with Gasteiger partial charge < -0.3 is 19.6 Å². The number of anilines is 1. The summed E-state index contributed by atoms with van der Waals surface area (Å²) in [7, 11) is 1.29.